The number of rotatable bonds is 5. The maximum Gasteiger partial charge on any atom is 0.0691 e. The zero-order chi connectivity index (χ0) is 8.69. The summed E-state index contributed by atoms with van der Waals surface area (Å²) >= 11 is 3.36. The van der Waals surface area contributed by atoms with E-state index in [9.17, 15) is 5.11 Å². The molecule has 3 heteroatoms. The molecule has 0 heterocycles. The largest absolute Gasteiger partial charge is 0.392 e. The van der Waals surface area contributed by atoms with Crippen LogP contribution in [0.2, 0.25) is 0 Å². The maximum atomic E-state index is 9.46. The summed E-state index contributed by atoms with van der Waals surface area (Å²) < 4.78 is 0. The Hall–Kier alpha value is 0.400. The molecule has 0 bridgehead atoms. The summed E-state index contributed by atoms with van der Waals surface area (Å²) in [5.41, 5.74) is 0. The van der Waals surface area contributed by atoms with Gasteiger partial charge in [-0.2, -0.15) is 11.8 Å². The summed E-state index contributed by atoms with van der Waals surface area (Å²) in [5.74, 6) is 0. The second-order valence-corrected chi connectivity index (χ2v) is 4.00. The standard InChI is InChI=1S/C8H16OS2/c1-4-7(9)8(11-3)5-6-10-2/h5-9H,4H2,1-3H3/b6-5+. The van der Waals surface area contributed by atoms with Crippen molar-refractivity contribution in [2.45, 2.75) is 24.7 Å². The van der Waals surface area contributed by atoms with E-state index in [-0.39, 0.29) is 11.4 Å². The molecule has 0 aromatic rings. The van der Waals surface area contributed by atoms with Gasteiger partial charge in [0.15, 0.2) is 0 Å². The number of thioether (sulfide) groups is 2. The van der Waals surface area contributed by atoms with Crippen molar-refractivity contribution in [2.24, 2.45) is 0 Å². The molecule has 0 saturated carbocycles. The average molecular weight is 192 g/mol. The molecule has 0 rings (SSSR count). The number of hydrogen-bond acceptors (Lipinski definition) is 3. The quantitative estimate of drug-likeness (QED) is 0.722. The van der Waals surface area contributed by atoms with Crippen LogP contribution in [0.5, 0.6) is 0 Å². The Balaban J connectivity index is 3.83. The Morgan fingerprint density at radius 2 is 2.09 bits per heavy atom. The zero-order valence-corrected chi connectivity index (χ0v) is 8.91. The molecule has 66 valence electrons. The lowest BCUT2D eigenvalue weighted by Crippen LogP contribution is -2.19. The zero-order valence-electron chi connectivity index (χ0n) is 7.28. The van der Waals surface area contributed by atoms with Crippen LogP contribution >= 0.6 is 23.5 Å². The molecule has 0 saturated heterocycles. The van der Waals surface area contributed by atoms with E-state index in [1.165, 1.54) is 0 Å². The van der Waals surface area contributed by atoms with Gasteiger partial charge in [-0.05, 0) is 24.3 Å². The first-order valence-corrected chi connectivity index (χ1v) is 6.24. The average Bonchev–Trinajstić information content (AvgIpc) is 2.05. The first-order valence-electron chi connectivity index (χ1n) is 3.66. The summed E-state index contributed by atoms with van der Waals surface area (Å²) in [5, 5.41) is 11.7. The van der Waals surface area contributed by atoms with Crippen LogP contribution in [0, 0.1) is 0 Å². The van der Waals surface area contributed by atoms with Crippen LogP contribution < -0.4 is 0 Å². The van der Waals surface area contributed by atoms with Crippen LogP contribution in [-0.4, -0.2) is 29.0 Å². The molecule has 0 aromatic heterocycles. The Morgan fingerprint density at radius 1 is 1.45 bits per heavy atom. The van der Waals surface area contributed by atoms with Gasteiger partial charge in [0.05, 0.1) is 6.10 Å². The topological polar surface area (TPSA) is 20.2 Å². The summed E-state index contributed by atoms with van der Waals surface area (Å²) in [6.45, 7) is 2.00. The van der Waals surface area contributed by atoms with Gasteiger partial charge in [0.1, 0.15) is 0 Å². The van der Waals surface area contributed by atoms with E-state index in [1.54, 1.807) is 23.5 Å². The van der Waals surface area contributed by atoms with E-state index in [2.05, 4.69) is 6.08 Å². The Kier molecular flexibility index (Phi) is 7.33. The highest BCUT2D eigenvalue weighted by Gasteiger charge is 2.11. The summed E-state index contributed by atoms with van der Waals surface area (Å²) in [7, 11) is 0. The van der Waals surface area contributed by atoms with Crippen molar-refractivity contribution in [3.8, 4) is 0 Å². The number of aliphatic hydroxyl groups is 1. The van der Waals surface area contributed by atoms with Gasteiger partial charge in [0.2, 0.25) is 0 Å². The van der Waals surface area contributed by atoms with E-state index in [0.717, 1.165) is 6.42 Å². The highest BCUT2D eigenvalue weighted by atomic mass is 32.2. The van der Waals surface area contributed by atoms with Crippen molar-refractivity contribution >= 4 is 23.5 Å². The second-order valence-electron chi connectivity index (χ2n) is 2.24. The lowest BCUT2D eigenvalue weighted by Gasteiger charge is -2.15. The van der Waals surface area contributed by atoms with Crippen LogP contribution in [0.1, 0.15) is 13.3 Å². The molecule has 0 spiro atoms. The van der Waals surface area contributed by atoms with Gasteiger partial charge in [-0.3, -0.25) is 0 Å². The molecular weight excluding hydrogens is 176 g/mol. The Labute approximate surface area is 77.6 Å². The molecule has 2 atom stereocenters. The maximum absolute atomic E-state index is 9.46. The van der Waals surface area contributed by atoms with Crippen molar-refractivity contribution in [3.63, 3.8) is 0 Å². The third-order valence-corrected chi connectivity index (χ3v) is 2.92. The number of aliphatic hydroxyl groups excluding tert-OH is 1. The Bertz CT molecular complexity index is 115. The lowest BCUT2D eigenvalue weighted by molar-refractivity contribution is 0.179. The first kappa shape index (κ1) is 11.4. The van der Waals surface area contributed by atoms with E-state index in [0.29, 0.717) is 0 Å². The minimum atomic E-state index is -0.201. The third kappa shape index (κ3) is 4.77. The van der Waals surface area contributed by atoms with Crippen LogP contribution in [-0.2, 0) is 0 Å². The van der Waals surface area contributed by atoms with Gasteiger partial charge in [0.25, 0.3) is 0 Å². The molecule has 0 aliphatic rings. The van der Waals surface area contributed by atoms with Crippen LogP contribution in [0.25, 0.3) is 0 Å². The van der Waals surface area contributed by atoms with E-state index in [1.807, 2.05) is 24.8 Å². The van der Waals surface area contributed by atoms with Crippen molar-refractivity contribution in [1.82, 2.24) is 0 Å². The Morgan fingerprint density at radius 3 is 2.45 bits per heavy atom. The molecule has 0 aliphatic carbocycles. The molecule has 0 aliphatic heterocycles. The fraction of sp³-hybridized carbons (Fsp3) is 0.750. The van der Waals surface area contributed by atoms with Gasteiger partial charge in [0, 0.05) is 5.25 Å². The second kappa shape index (κ2) is 7.07. The van der Waals surface area contributed by atoms with E-state index >= 15 is 0 Å². The van der Waals surface area contributed by atoms with Gasteiger partial charge >= 0.3 is 0 Å². The molecule has 0 fully saturated rings. The summed E-state index contributed by atoms with van der Waals surface area (Å²) in [4.78, 5) is 0. The predicted molar refractivity (Wildman–Crippen MR) is 56.3 cm³/mol. The normalized spacial score (nSPS) is 17.1. The van der Waals surface area contributed by atoms with Crippen molar-refractivity contribution in [1.29, 1.82) is 0 Å². The molecule has 1 nitrogen and oxygen atoms in total. The smallest absolute Gasteiger partial charge is 0.0691 e. The van der Waals surface area contributed by atoms with E-state index < -0.39 is 0 Å². The summed E-state index contributed by atoms with van der Waals surface area (Å²) in [6, 6.07) is 0. The molecule has 0 amide bonds. The van der Waals surface area contributed by atoms with Gasteiger partial charge in [-0.1, -0.05) is 13.0 Å². The predicted octanol–water partition coefficient (Wildman–Crippen LogP) is 2.37. The van der Waals surface area contributed by atoms with Gasteiger partial charge < -0.3 is 5.11 Å². The van der Waals surface area contributed by atoms with Crippen LogP contribution in [0.4, 0.5) is 0 Å². The molecule has 11 heavy (non-hydrogen) atoms. The summed E-state index contributed by atoms with van der Waals surface area (Å²) in [6.07, 6.45) is 6.72. The van der Waals surface area contributed by atoms with Crippen molar-refractivity contribution < 1.29 is 5.11 Å². The molecule has 2 unspecified atom stereocenters. The van der Waals surface area contributed by atoms with E-state index in [4.69, 9.17) is 0 Å². The molecular formula is C8H16OS2. The first-order chi connectivity index (χ1) is 5.26. The fourth-order valence-electron chi connectivity index (χ4n) is 0.752. The van der Waals surface area contributed by atoms with Gasteiger partial charge in [-0.25, -0.2) is 0 Å². The minimum absolute atomic E-state index is 0.201. The van der Waals surface area contributed by atoms with Crippen LogP contribution in [0.3, 0.4) is 0 Å². The molecule has 1 N–H and O–H groups in total. The minimum Gasteiger partial charge on any atom is -0.392 e. The van der Waals surface area contributed by atoms with Gasteiger partial charge in [-0.15, -0.1) is 11.8 Å². The fourth-order valence-corrected chi connectivity index (χ4v) is 1.92. The highest BCUT2D eigenvalue weighted by molar-refractivity contribution is 8.01. The van der Waals surface area contributed by atoms with Crippen LogP contribution in [0.15, 0.2) is 11.5 Å². The molecule has 0 aromatic carbocycles. The number of hydrogen-bond donors (Lipinski definition) is 1. The SMILES string of the molecule is CCC(O)C(/C=C/SC)SC. The molecule has 0 radical (unpaired) electrons. The highest BCUT2D eigenvalue weighted by Crippen LogP contribution is 2.16. The van der Waals surface area contributed by atoms with Crippen molar-refractivity contribution in [3.05, 3.63) is 11.5 Å². The lowest BCUT2D eigenvalue weighted by atomic mass is 10.2. The third-order valence-electron chi connectivity index (χ3n) is 1.47. The monoisotopic (exact) mass is 192 g/mol. The van der Waals surface area contributed by atoms with Crippen molar-refractivity contribution in [2.75, 3.05) is 12.5 Å².